The number of unbranched alkanes of at least 4 members (excludes halogenated alkanes) is 1. The number of urea groups is 1. The van der Waals surface area contributed by atoms with Crippen molar-refractivity contribution >= 4 is 22.8 Å². The molecule has 2 aliphatic rings. The van der Waals surface area contributed by atoms with Crippen LogP contribution in [0.4, 0.5) is 4.79 Å². The highest BCUT2D eigenvalue weighted by Crippen LogP contribution is 2.43. The van der Waals surface area contributed by atoms with E-state index in [0.717, 1.165) is 40.6 Å². The van der Waals surface area contributed by atoms with Gasteiger partial charge in [-0.15, -0.1) is 0 Å². The molecule has 3 amide bonds. The maximum atomic E-state index is 13.3. The molecule has 0 bridgehead atoms. The Morgan fingerprint density at radius 1 is 1.14 bits per heavy atom. The molecule has 142 valence electrons. The van der Waals surface area contributed by atoms with Gasteiger partial charge in [-0.1, -0.05) is 31.5 Å². The minimum absolute atomic E-state index is 0.0755. The van der Waals surface area contributed by atoms with Crippen molar-refractivity contribution in [1.82, 2.24) is 19.8 Å². The second-order valence-electron chi connectivity index (χ2n) is 7.50. The number of para-hydroxylation sites is 1. The number of imide groups is 1. The molecule has 1 aromatic carbocycles. The van der Waals surface area contributed by atoms with Crippen molar-refractivity contribution in [3.63, 3.8) is 0 Å². The van der Waals surface area contributed by atoms with E-state index in [0.29, 0.717) is 13.0 Å². The van der Waals surface area contributed by atoms with Gasteiger partial charge in [-0.25, -0.2) is 4.79 Å². The Kier molecular flexibility index (Phi) is 3.93. The molecule has 6 nitrogen and oxygen atoms in total. The van der Waals surface area contributed by atoms with E-state index in [4.69, 9.17) is 0 Å². The highest BCUT2D eigenvalue weighted by Gasteiger charge is 2.52. The zero-order valence-electron chi connectivity index (χ0n) is 15.8. The highest BCUT2D eigenvalue weighted by atomic mass is 16.2. The third-order valence-electron chi connectivity index (χ3n) is 5.89. The van der Waals surface area contributed by atoms with Gasteiger partial charge < -0.3 is 4.98 Å². The lowest BCUT2D eigenvalue weighted by Crippen LogP contribution is -2.44. The Balaban J connectivity index is 1.68. The molecule has 1 saturated heterocycles. The lowest BCUT2D eigenvalue weighted by Gasteiger charge is -2.35. The van der Waals surface area contributed by atoms with Gasteiger partial charge >= 0.3 is 6.03 Å². The van der Waals surface area contributed by atoms with Gasteiger partial charge in [0.25, 0.3) is 5.91 Å². The normalized spacial score (nSPS) is 21.3. The first-order valence-corrected chi connectivity index (χ1v) is 9.83. The number of benzene rings is 1. The fraction of sp³-hybridized carbons (Fsp3) is 0.318. The van der Waals surface area contributed by atoms with E-state index in [2.05, 4.69) is 23.0 Å². The summed E-state index contributed by atoms with van der Waals surface area (Å²) in [5.74, 6) is -0.0755. The van der Waals surface area contributed by atoms with E-state index in [9.17, 15) is 9.59 Å². The number of hydrogen-bond donors (Lipinski definition) is 1. The summed E-state index contributed by atoms with van der Waals surface area (Å²) in [5, 5.41) is 1.13. The summed E-state index contributed by atoms with van der Waals surface area (Å²) in [6.45, 7) is 2.55. The zero-order valence-corrected chi connectivity index (χ0v) is 15.8. The molecule has 2 aromatic heterocycles. The van der Waals surface area contributed by atoms with Crippen LogP contribution in [0.1, 0.15) is 42.6 Å². The summed E-state index contributed by atoms with van der Waals surface area (Å²) in [6, 6.07) is 11.0. The summed E-state index contributed by atoms with van der Waals surface area (Å²) >= 11 is 0. The van der Waals surface area contributed by atoms with Gasteiger partial charge in [-0.3, -0.25) is 19.6 Å². The maximum absolute atomic E-state index is 13.3. The van der Waals surface area contributed by atoms with Gasteiger partial charge in [0.05, 0.1) is 0 Å². The topological polar surface area (TPSA) is 69.3 Å². The summed E-state index contributed by atoms with van der Waals surface area (Å²) < 4.78 is 0. The molecule has 3 aromatic rings. The van der Waals surface area contributed by atoms with Crippen molar-refractivity contribution in [2.75, 3.05) is 6.54 Å². The van der Waals surface area contributed by atoms with E-state index in [-0.39, 0.29) is 18.0 Å². The number of aromatic amines is 1. The van der Waals surface area contributed by atoms with Crippen molar-refractivity contribution in [1.29, 1.82) is 0 Å². The molecule has 0 radical (unpaired) electrons. The SMILES string of the molecule is CCCCN1C(=O)[C@H]2Cc3c([nH]c4ccccc34)[C@@H](c3ccncc3)N2C1=O. The van der Waals surface area contributed by atoms with Gasteiger partial charge in [0.2, 0.25) is 0 Å². The molecule has 0 saturated carbocycles. The Morgan fingerprint density at radius 3 is 2.71 bits per heavy atom. The number of aromatic nitrogens is 2. The molecular weight excluding hydrogens is 352 g/mol. The maximum Gasteiger partial charge on any atom is 0.328 e. The number of rotatable bonds is 4. The molecule has 28 heavy (non-hydrogen) atoms. The average Bonchev–Trinajstić information content (AvgIpc) is 3.21. The van der Waals surface area contributed by atoms with Crippen LogP contribution in [0, 0.1) is 0 Å². The number of pyridine rings is 1. The molecular formula is C22H22N4O2. The van der Waals surface area contributed by atoms with E-state index in [1.165, 1.54) is 4.90 Å². The quantitative estimate of drug-likeness (QED) is 0.709. The first-order valence-electron chi connectivity index (χ1n) is 9.83. The van der Waals surface area contributed by atoms with Crippen molar-refractivity contribution in [3.05, 3.63) is 65.6 Å². The van der Waals surface area contributed by atoms with Crippen LogP contribution in [-0.4, -0.2) is 44.3 Å². The van der Waals surface area contributed by atoms with Gasteiger partial charge in [-0.2, -0.15) is 0 Å². The summed E-state index contributed by atoms with van der Waals surface area (Å²) in [5.41, 5.74) is 4.14. The number of nitrogens with one attached hydrogen (secondary N) is 1. The lowest BCUT2D eigenvalue weighted by atomic mass is 9.89. The van der Waals surface area contributed by atoms with Crippen molar-refractivity contribution < 1.29 is 9.59 Å². The van der Waals surface area contributed by atoms with E-state index >= 15 is 0 Å². The number of fused-ring (bicyclic) bond motifs is 4. The summed E-state index contributed by atoms with van der Waals surface area (Å²) in [7, 11) is 0. The Bertz CT molecular complexity index is 1060. The second kappa shape index (κ2) is 6.48. The Labute approximate surface area is 163 Å². The van der Waals surface area contributed by atoms with Crippen LogP contribution < -0.4 is 0 Å². The first kappa shape index (κ1) is 17.0. The predicted octanol–water partition coefficient (Wildman–Crippen LogP) is 3.64. The monoisotopic (exact) mass is 374 g/mol. The largest absolute Gasteiger partial charge is 0.356 e. The average molecular weight is 374 g/mol. The number of carbonyl (C=O) groups excluding carboxylic acids is 2. The van der Waals surface area contributed by atoms with Crippen molar-refractivity contribution in [2.24, 2.45) is 0 Å². The smallest absolute Gasteiger partial charge is 0.328 e. The third-order valence-corrected chi connectivity index (χ3v) is 5.89. The van der Waals surface area contributed by atoms with Crippen LogP contribution in [0.2, 0.25) is 0 Å². The molecule has 0 unspecified atom stereocenters. The van der Waals surface area contributed by atoms with Gasteiger partial charge in [0, 0.05) is 42.0 Å². The first-order chi connectivity index (χ1) is 13.7. The van der Waals surface area contributed by atoms with Crippen LogP contribution in [-0.2, 0) is 11.2 Å². The van der Waals surface area contributed by atoms with E-state index < -0.39 is 6.04 Å². The van der Waals surface area contributed by atoms with Gasteiger partial charge in [0.1, 0.15) is 12.1 Å². The van der Waals surface area contributed by atoms with E-state index in [1.807, 2.05) is 30.3 Å². The molecule has 1 fully saturated rings. The van der Waals surface area contributed by atoms with Crippen LogP contribution in [0.3, 0.4) is 0 Å². The molecule has 4 heterocycles. The third kappa shape index (κ3) is 2.37. The Morgan fingerprint density at radius 2 is 1.93 bits per heavy atom. The highest BCUT2D eigenvalue weighted by molar-refractivity contribution is 6.05. The Hall–Kier alpha value is -3.15. The fourth-order valence-corrected chi connectivity index (χ4v) is 4.54. The summed E-state index contributed by atoms with van der Waals surface area (Å²) in [4.78, 5) is 37.3. The van der Waals surface area contributed by atoms with Crippen LogP contribution in [0.25, 0.3) is 10.9 Å². The van der Waals surface area contributed by atoms with Crippen molar-refractivity contribution in [2.45, 2.75) is 38.3 Å². The minimum Gasteiger partial charge on any atom is -0.356 e. The fourth-order valence-electron chi connectivity index (χ4n) is 4.54. The molecule has 6 heteroatoms. The van der Waals surface area contributed by atoms with Crippen LogP contribution >= 0.6 is 0 Å². The predicted molar refractivity (Wildman–Crippen MR) is 106 cm³/mol. The molecule has 0 spiro atoms. The number of nitrogens with zero attached hydrogens (tertiary/aromatic N) is 3. The molecule has 5 rings (SSSR count). The van der Waals surface area contributed by atoms with Gasteiger partial charge in [-0.05, 0) is 35.7 Å². The molecule has 1 N–H and O–H groups in total. The molecule has 2 atom stereocenters. The number of carbonyl (C=O) groups is 2. The lowest BCUT2D eigenvalue weighted by molar-refractivity contribution is -0.128. The molecule has 0 aliphatic carbocycles. The van der Waals surface area contributed by atoms with Crippen molar-refractivity contribution in [3.8, 4) is 0 Å². The van der Waals surface area contributed by atoms with E-state index in [1.54, 1.807) is 17.3 Å². The number of hydrogen-bond acceptors (Lipinski definition) is 3. The van der Waals surface area contributed by atoms with Crippen LogP contribution in [0.15, 0.2) is 48.8 Å². The standard InChI is InChI=1S/C22H22N4O2/c1-2-3-12-25-21(27)18-13-16-15-6-4-5-7-17(15)24-19(16)20(26(18)22(25)28)14-8-10-23-11-9-14/h4-11,18,20,24H,2-3,12-13H2,1H3/t18-,20-/m1/s1. The molecule has 2 aliphatic heterocycles. The zero-order chi connectivity index (χ0) is 19.3. The summed E-state index contributed by atoms with van der Waals surface area (Å²) in [6.07, 6.45) is 5.79. The number of amides is 3. The van der Waals surface area contributed by atoms with Gasteiger partial charge in [0.15, 0.2) is 0 Å². The van der Waals surface area contributed by atoms with Crippen LogP contribution in [0.5, 0.6) is 0 Å². The number of H-pyrrole nitrogens is 1. The minimum atomic E-state index is -0.450. The second-order valence-corrected chi connectivity index (χ2v) is 7.50.